The van der Waals surface area contributed by atoms with Crippen molar-refractivity contribution in [3.8, 4) is 5.75 Å². The third-order valence-electron chi connectivity index (χ3n) is 2.79. The highest BCUT2D eigenvalue weighted by Gasteiger charge is 2.36. The fourth-order valence-corrected chi connectivity index (χ4v) is 3.35. The van der Waals surface area contributed by atoms with Gasteiger partial charge in [0, 0.05) is 0 Å². The average molecular weight is 274 g/mol. The van der Waals surface area contributed by atoms with Crippen LogP contribution in [0.2, 0.25) is 0 Å². The largest absolute Gasteiger partial charge is 0.506 e. The Hall–Kier alpha value is -0.990. The SMILES string of the molecule is CCCc1ccc(N2CC(O)NS2(O)O)c(O)c1. The van der Waals surface area contributed by atoms with Crippen LogP contribution in [0, 0.1) is 0 Å². The van der Waals surface area contributed by atoms with Gasteiger partial charge >= 0.3 is 0 Å². The third kappa shape index (κ3) is 2.55. The van der Waals surface area contributed by atoms with Gasteiger partial charge in [-0.25, -0.2) is 0 Å². The molecule has 1 aliphatic rings. The Labute approximate surface area is 107 Å². The zero-order valence-electron chi connectivity index (χ0n) is 10.1. The summed E-state index contributed by atoms with van der Waals surface area (Å²) < 4.78 is 23.0. The lowest BCUT2D eigenvalue weighted by atomic mass is 10.1. The first-order chi connectivity index (χ1) is 8.44. The molecule has 5 N–H and O–H groups in total. The van der Waals surface area contributed by atoms with Gasteiger partial charge in [0.05, 0.1) is 6.54 Å². The van der Waals surface area contributed by atoms with Gasteiger partial charge < -0.3 is 10.2 Å². The van der Waals surface area contributed by atoms with Crippen molar-refractivity contribution in [2.45, 2.75) is 26.0 Å². The average Bonchev–Trinajstić information content (AvgIpc) is 2.52. The molecule has 0 saturated carbocycles. The number of aromatic hydroxyl groups is 1. The Morgan fingerprint density at radius 3 is 2.67 bits per heavy atom. The summed E-state index contributed by atoms with van der Waals surface area (Å²) in [7, 11) is -3.26. The quantitative estimate of drug-likeness (QED) is 0.575. The first kappa shape index (κ1) is 13.4. The molecule has 1 atom stereocenters. The molecule has 1 aliphatic heterocycles. The fraction of sp³-hybridized carbons (Fsp3) is 0.455. The Kier molecular flexibility index (Phi) is 3.69. The van der Waals surface area contributed by atoms with Crippen LogP contribution in [-0.2, 0) is 6.42 Å². The van der Waals surface area contributed by atoms with E-state index in [-0.39, 0.29) is 12.3 Å². The topological polar surface area (TPSA) is 96.2 Å². The smallest absolute Gasteiger partial charge is 0.142 e. The predicted molar refractivity (Wildman–Crippen MR) is 71.4 cm³/mol. The van der Waals surface area contributed by atoms with Crippen molar-refractivity contribution < 1.29 is 19.3 Å². The van der Waals surface area contributed by atoms with E-state index in [2.05, 4.69) is 4.72 Å². The summed E-state index contributed by atoms with van der Waals surface area (Å²) in [4.78, 5) is 0. The molecule has 0 bridgehead atoms. The van der Waals surface area contributed by atoms with Gasteiger partial charge in [-0.05, 0) is 24.1 Å². The van der Waals surface area contributed by atoms with Crippen molar-refractivity contribution in [2.24, 2.45) is 0 Å². The lowest BCUT2D eigenvalue weighted by Gasteiger charge is -2.36. The van der Waals surface area contributed by atoms with E-state index in [1.807, 2.05) is 13.0 Å². The fourth-order valence-electron chi connectivity index (χ4n) is 2.00. The van der Waals surface area contributed by atoms with E-state index >= 15 is 0 Å². The van der Waals surface area contributed by atoms with Gasteiger partial charge in [-0.2, -0.15) is 4.72 Å². The van der Waals surface area contributed by atoms with E-state index in [0.29, 0.717) is 5.69 Å². The van der Waals surface area contributed by atoms with Crippen LogP contribution in [0.3, 0.4) is 0 Å². The number of hydrogen-bond acceptors (Lipinski definition) is 6. The van der Waals surface area contributed by atoms with Gasteiger partial charge in [0.15, 0.2) is 0 Å². The predicted octanol–water partition coefficient (Wildman–Crippen LogP) is 1.65. The van der Waals surface area contributed by atoms with Gasteiger partial charge in [0.25, 0.3) is 0 Å². The molecular weight excluding hydrogens is 256 g/mol. The zero-order valence-corrected chi connectivity index (χ0v) is 10.9. The summed E-state index contributed by atoms with van der Waals surface area (Å²) in [5, 5.41) is 19.3. The third-order valence-corrected chi connectivity index (χ3v) is 4.34. The van der Waals surface area contributed by atoms with Crippen LogP contribution in [-0.4, -0.2) is 32.1 Å². The number of phenolic OH excluding ortho intramolecular Hbond substituents is 1. The number of phenols is 1. The molecule has 1 unspecified atom stereocenters. The number of nitrogens with zero attached hydrogens (tertiary/aromatic N) is 1. The molecule has 1 fully saturated rings. The lowest BCUT2D eigenvalue weighted by Crippen LogP contribution is -2.25. The van der Waals surface area contributed by atoms with E-state index < -0.39 is 17.2 Å². The molecule has 1 saturated heterocycles. The summed E-state index contributed by atoms with van der Waals surface area (Å²) >= 11 is 0. The second-order valence-corrected chi connectivity index (χ2v) is 6.00. The monoisotopic (exact) mass is 274 g/mol. The standard InChI is InChI=1S/C11H18N2O4S/c1-2-3-8-4-5-9(10(14)6-8)13-7-11(15)12-18(13,16)17/h4-6,11-12,14-17H,2-3,7H2,1H3. The van der Waals surface area contributed by atoms with E-state index in [0.717, 1.165) is 18.4 Å². The maximum absolute atomic E-state index is 9.94. The van der Waals surface area contributed by atoms with E-state index in [1.54, 1.807) is 12.1 Å². The molecule has 102 valence electrons. The Balaban J connectivity index is 2.28. The molecule has 1 aromatic rings. The number of benzene rings is 1. The van der Waals surface area contributed by atoms with Crippen LogP contribution in [0.25, 0.3) is 0 Å². The highest BCUT2D eigenvalue weighted by molar-refractivity contribution is 8.24. The second kappa shape index (κ2) is 4.94. The molecule has 0 aliphatic carbocycles. The number of nitrogens with one attached hydrogen (secondary N) is 1. The van der Waals surface area contributed by atoms with Crippen molar-refractivity contribution in [3.05, 3.63) is 23.8 Å². The van der Waals surface area contributed by atoms with Gasteiger partial charge in [-0.3, -0.25) is 13.4 Å². The number of rotatable bonds is 3. The minimum Gasteiger partial charge on any atom is -0.506 e. The summed E-state index contributed by atoms with van der Waals surface area (Å²) in [6, 6.07) is 5.08. The Morgan fingerprint density at radius 2 is 2.17 bits per heavy atom. The molecule has 0 radical (unpaired) electrons. The minimum atomic E-state index is -3.26. The van der Waals surface area contributed by atoms with Gasteiger partial charge in [0.1, 0.15) is 17.7 Å². The number of hydrogen-bond donors (Lipinski definition) is 5. The molecule has 0 spiro atoms. The van der Waals surface area contributed by atoms with Crippen LogP contribution in [0.4, 0.5) is 5.69 Å². The van der Waals surface area contributed by atoms with Crippen molar-refractivity contribution in [2.75, 3.05) is 10.8 Å². The van der Waals surface area contributed by atoms with Gasteiger partial charge in [-0.1, -0.05) is 30.4 Å². The number of β-amino-alcohol motifs (C(OH)–C–C–N with tert-alkyl or cyclic N) is 1. The van der Waals surface area contributed by atoms with Crippen molar-refractivity contribution >= 4 is 16.6 Å². The van der Waals surface area contributed by atoms with E-state index in [9.17, 15) is 19.3 Å². The highest BCUT2D eigenvalue weighted by atomic mass is 32.3. The molecule has 0 amide bonds. The van der Waals surface area contributed by atoms with Crippen LogP contribution in [0.5, 0.6) is 5.75 Å². The van der Waals surface area contributed by atoms with Crippen LogP contribution in [0.1, 0.15) is 18.9 Å². The van der Waals surface area contributed by atoms with Crippen molar-refractivity contribution in [1.29, 1.82) is 0 Å². The van der Waals surface area contributed by atoms with Gasteiger partial charge in [0.2, 0.25) is 0 Å². The van der Waals surface area contributed by atoms with Crippen LogP contribution >= 0.6 is 11.0 Å². The molecular formula is C11H18N2O4S. The molecule has 6 nitrogen and oxygen atoms in total. The molecule has 1 aromatic carbocycles. The highest BCUT2D eigenvalue weighted by Crippen LogP contribution is 2.49. The first-order valence-electron chi connectivity index (χ1n) is 5.77. The van der Waals surface area contributed by atoms with E-state index in [4.69, 9.17) is 0 Å². The molecule has 0 aromatic heterocycles. The van der Waals surface area contributed by atoms with Crippen molar-refractivity contribution in [3.63, 3.8) is 0 Å². The second-order valence-electron chi connectivity index (χ2n) is 4.29. The van der Waals surface area contributed by atoms with Gasteiger partial charge in [-0.15, -0.1) is 0 Å². The zero-order chi connectivity index (χ0) is 13.3. The normalized spacial score (nSPS) is 24.2. The molecule has 2 rings (SSSR count). The van der Waals surface area contributed by atoms with Crippen LogP contribution < -0.4 is 9.03 Å². The van der Waals surface area contributed by atoms with Crippen molar-refractivity contribution in [1.82, 2.24) is 4.72 Å². The molecule has 1 heterocycles. The first-order valence-corrected chi connectivity index (χ1v) is 7.27. The number of aliphatic hydroxyl groups excluding tert-OH is 1. The lowest BCUT2D eigenvalue weighted by molar-refractivity contribution is 0.182. The molecule has 7 heteroatoms. The Morgan fingerprint density at radius 1 is 1.44 bits per heavy atom. The van der Waals surface area contributed by atoms with E-state index in [1.165, 1.54) is 4.31 Å². The maximum atomic E-state index is 9.94. The maximum Gasteiger partial charge on any atom is 0.142 e. The number of aliphatic hydroxyl groups is 1. The summed E-state index contributed by atoms with van der Waals surface area (Å²) in [5.74, 6) is -0.0168. The summed E-state index contributed by atoms with van der Waals surface area (Å²) in [6.07, 6.45) is 0.799. The number of anilines is 1. The Bertz CT molecular complexity index is 441. The number of aryl methyl sites for hydroxylation is 1. The summed E-state index contributed by atoms with van der Waals surface area (Å²) in [6.45, 7) is 2.06. The van der Waals surface area contributed by atoms with Crippen LogP contribution in [0.15, 0.2) is 18.2 Å². The summed E-state index contributed by atoms with van der Waals surface area (Å²) in [5.41, 5.74) is 1.29. The molecule has 18 heavy (non-hydrogen) atoms. The minimum absolute atomic E-state index is 0.0168.